The third-order valence-corrected chi connectivity index (χ3v) is 3.49. The number of nitrogen functional groups attached to an aromatic ring is 1. The van der Waals surface area contributed by atoms with Crippen LogP contribution in [0.15, 0.2) is 33.7 Å². The minimum absolute atomic E-state index is 0.154. The van der Waals surface area contributed by atoms with E-state index in [9.17, 15) is 8.42 Å². The molecule has 17 heavy (non-hydrogen) atoms. The second-order valence-electron chi connectivity index (χ2n) is 3.89. The molecule has 1 heterocycles. The van der Waals surface area contributed by atoms with E-state index in [1.807, 2.05) is 6.92 Å². The molecule has 0 unspecified atom stereocenters. The number of benzene rings is 1. The molecule has 0 saturated heterocycles. The Labute approximate surface area is 99.1 Å². The van der Waals surface area contributed by atoms with Gasteiger partial charge in [-0.05, 0) is 19.1 Å². The summed E-state index contributed by atoms with van der Waals surface area (Å²) >= 11 is 0. The number of nitrogens with zero attached hydrogens (tertiary/aromatic N) is 1. The quantitative estimate of drug-likeness (QED) is 0.878. The minimum atomic E-state index is -3.31. The zero-order chi connectivity index (χ0) is 12.6. The maximum atomic E-state index is 11.7. The average Bonchev–Trinajstić information content (AvgIpc) is 2.62. The number of anilines is 1. The van der Waals surface area contributed by atoms with Crippen LogP contribution in [0.5, 0.6) is 0 Å². The third kappa shape index (κ3) is 2.31. The zero-order valence-corrected chi connectivity index (χ0v) is 10.3. The molecule has 0 aliphatic heterocycles. The molecule has 5 nitrogen and oxygen atoms in total. The number of aromatic nitrogens is 1. The first-order chi connectivity index (χ1) is 7.88. The van der Waals surface area contributed by atoms with Gasteiger partial charge in [-0.1, -0.05) is 16.8 Å². The van der Waals surface area contributed by atoms with Gasteiger partial charge in [-0.3, -0.25) is 0 Å². The Balaban J connectivity index is 2.71. The predicted molar refractivity (Wildman–Crippen MR) is 64.2 cm³/mol. The van der Waals surface area contributed by atoms with Crippen LogP contribution in [0.3, 0.4) is 0 Å². The van der Waals surface area contributed by atoms with E-state index in [0.717, 1.165) is 11.8 Å². The summed E-state index contributed by atoms with van der Waals surface area (Å²) in [6.07, 6.45) is 1.16. The molecule has 0 amide bonds. The Hall–Kier alpha value is -1.82. The van der Waals surface area contributed by atoms with Crippen molar-refractivity contribution in [2.75, 3.05) is 12.0 Å². The molecule has 0 aliphatic carbocycles. The van der Waals surface area contributed by atoms with Crippen molar-refractivity contribution in [2.45, 2.75) is 11.8 Å². The van der Waals surface area contributed by atoms with Crippen LogP contribution in [-0.2, 0) is 9.84 Å². The third-order valence-electron chi connectivity index (χ3n) is 2.34. The first kappa shape index (κ1) is 11.7. The number of sulfone groups is 1. The van der Waals surface area contributed by atoms with Crippen molar-refractivity contribution in [2.24, 2.45) is 0 Å². The highest BCUT2D eigenvalue weighted by molar-refractivity contribution is 7.90. The van der Waals surface area contributed by atoms with Crippen LogP contribution < -0.4 is 5.73 Å². The van der Waals surface area contributed by atoms with Crippen LogP contribution in [0.4, 0.5) is 5.88 Å². The molecule has 2 N–H and O–H groups in total. The van der Waals surface area contributed by atoms with Crippen LogP contribution in [-0.4, -0.2) is 19.8 Å². The van der Waals surface area contributed by atoms with E-state index in [2.05, 4.69) is 5.16 Å². The van der Waals surface area contributed by atoms with Gasteiger partial charge >= 0.3 is 0 Å². The zero-order valence-electron chi connectivity index (χ0n) is 9.47. The van der Waals surface area contributed by atoms with Crippen LogP contribution in [0.1, 0.15) is 5.56 Å². The molecule has 0 atom stereocenters. The van der Waals surface area contributed by atoms with Crippen molar-refractivity contribution in [3.63, 3.8) is 0 Å². The van der Waals surface area contributed by atoms with Gasteiger partial charge in [0.25, 0.3) is 0 Å². The van der Waals surface area contributed by atoms with Crippen molar-refractivity contribution < 1.29 is 12.9 Å². The molecule has 0 aliphatic rings. The van der Waals surface area contributed by atoms with Gasteiger partial charge in [0.15, 0.2) is 9.84 Å². The largest absolute Gasteiger partial charge is 0.368 e. The monoisotopic (exact) mass is 252 g/mol. The molecule has 0 radical (unpaired) electrons. The van der Waals surface area contributed by atoms with E-state index in [-0.39, 0.29) is 10.8 Å². The van der Waals surface area contributed by atoms with Crippen LogP contribution in [0.25, 0.3) is 11.3 Å². The molecule has 1 aromatic heterocycles. The van der Waals surface area contributed by atoms with E-state index in [0.29, 0.717) is 11.3 Å². The predicted octanol–water partition coefficient (Wildman–Crippen LogP) is 1.64. The van der Waals surface area contributed by atoms with Crippen LogP contribution in [0.2, 0.25) is 0 Å². The molecular weight excluding hydrogens is 240 g/mol. The smallest absolute Gasteiger partial charge is 0.222 e. The van der Waals surface area contributed by atoms with Gasteiger partial charge in [0.05, 0.1) is 4.90 Å². The van der Waals surface area contributed by atoms with E-state index in [1.165, 1.54) is 6.07 Å². The average molecular weight is 252 g/mol. The maximum absolute atomic E-state index is 11.7. The van der Waals surface area contributed by atoms with Crippen molar-refractivity contribution in [1.29, 1.82) is 0 Å². The second kappa shape index (κ2) is 3.89. The highest BCUT2D eigenvalue weighted by Gasteiger charge is 2.17. The van der Waals surface area contributed by atoms with Crippen molar-refractivity contribution in [3.8, 4) is 11.3 Å². The fraction of sp³-hybridized carbons (Fsp3) is 0.182. The normalized spacial score (nSPS) is 11.6. The maximum Gasteiger partial charge on any atom is 0.222 e. The molecule has 1 aromatic carbocycles. The molecular formula is C11H12N2O3S. The van der Waals surface area contributed by atoms with E-state index < -0.39 is 9.84 Å². The summed E-state index contributed by atoms with van der Waals surface area (Å²) in [5.41, 5.74) is 7.30. The van der Waals surface area contributed by atoms with Gasteiger partial charge in [0, 0.05) is 17.9 Å². The molecule has 0 bridgehead atoms. The molecule has 6 heteroatoms. The summed E-state index contributed by atoms with van der Waals surface area (Å²) in [6.45, 7) is 1.87. The van der Waals surface area contributed by atoms with E-state index in [4.69, 9.17) is 10.3 Å². The number of hydrogen-bond donors (Lipinski definition) is 1. The number of hydrogen-bond acceptors (Lipinski definition) is 5. The van der Waals surface area contributed by atoms with Crippen molar-refractivity contribution >= 4 is 15.7 Å². The van der Waals surface area contributed by atoms with Crippen molar-refractivity contribution in [1.82, 2.24) is 5.16 Å². The van der Waals surface area contributed by atoms with Gasteiger partial charge in [-0.15, -0.1) is 0 Å². The van der Waals surface area contributed by atoms with Gasteiger partial charge in [-0.2, -0.15) is 0 Å². The summed E-state index contributed by atoms with van der Waals surface area (Å²) in [4.78, 5) is 0.219. The second-order valence-corrected chi connectivity index (χ2v) is 5.87. The Bertz CT molecular complexity index is 659. The Morgan fingerprint density at radius 2 is 2.00 bits per heavy atom. The van der Waals surface area contributed by atoms with E-state index in [1.54, 1.807) is 18.2 Å². The fourth-order valence-electron chi connectivity index (χ4n) is 1.58. The van der Waals surface area contributed by atoms with Crippen molar-refractivity contribution in [3.05, 3.63) is 29.8 Å². The number of nitrogens with two attached hydrogens (primary N) is 1. The molecule has 0 fully saturated rings. The first-order valence-electron chi connectivity index (χ1n) is 4.91. The van der Waals surface area contributed by atoms with E-state index >= 15 is 0 Å². The molecule has 0 spiro atoms. The highest BCUT2D eigenvalue weighted by atomic mass is 32.2. The van der Waals surface area contributed by atoms with Gasteiger partial charge < -0.3 is 10.3 Å². The summed E-state index contributed by atoms with van der Waals surface area (Å²) in [6, 6.07) is 6.55. The summed E-state index contributed by atoms with van der Waals surface area (Å²) in [7, 11) is -3.31. The fourth-order valence-corrected chi connectivity index (χ4v) is 2.46. The van der Waals surface area contributed by atoms with Gasteiger partial charge in [-0.25, -0.2) is 8.42 Å². The summed E-state index contributed by atoms with van der Waals surface area (Å²) in [5.74, 6) is 0.154. The standard InChI is InChI=1S/C11H12N2O3S/c1-7-3-4-10(17(2,14)15)8(5-7)9-6-11(12)16-13-9/h3-6H,12H2,1-2H3. The minimum Gasteiger partial charge on any atom is -0.368 e. The SMILES string of the molecule is Cc1ccc(S(C)(=O)=O)c(-c2cc(N)on2)c1. The molecule has 0 saturated carbocycles. The lowest BCUT2D eigenvalue weighted by molar-refractivity contribution is 0.439. The Kier molecular flexibility index (Phi) is 2.66. The molecule has 90 valence electrons. The number of rotatable bonds is 2. The lowest BCUT2D eigenvalue weighted by Gasteiger charge is -2.05. The highest BCUT2D eigenvalue weighted by Crippen LogP contribution is 2.28. The van der Waals surface area contributed by atoms with Crippen LogP contribution >= 0.6 is 0 Å². The molecule has 2 rings (SSSR count). The topological polar surface area (TPSA) is 86.2 Å². The Morgan fingerprint density at radius 1 is 1.29 bits per heavy atom. The lowest BCUT2D eigenvalue weighted by atomic mass is 10.1. The van der Waals surface area contributed by atoms with Gasteiger partial charge in [0.2, 0.25) is 5.88 Å². The number of aryl methyl sites for hydroxylation is 1. The summed E-state index contributed by atoms with van der Waals surface area (Å²) < 4.78 is 28.1. The first-order valence-corrected chi connectivity index (χ1v) is 6.80. The molecule has 2 aromatic rings. The Morgan fingerprint density at radius 3 is 2.53 bits per heavy atom. The lowest BCUT2D eigenvalue weighted by Crippen LogP contribution is -2.00. The van der Waals surface area contributed by atoms with Crippen LogP contribution in [0, 0.1) is 6.92 Å². The van der Waals surface area contributed by atoms with Gasteiger partial charge in [0.1, 0.15) is 5.69 Å². The summed E-state index contributed by atoms with van der Waals surface area (Å²) in [5, 5.41) is 3.74.